The second kappa shape index (κ2) is 5.54. The average molecular weight is 320 g/mol. The first kappa shape index (κ1) is 13.9. The molecule has 24 heavy (non-hydrogen) atoms. The SMILES string of the molecule is c1cc(-c2n[nH]c3c2CCCC3)nc(-c2n[nH]c3c2CCCC3)n1. The topological polar surface area (TPSA) is 83.1 Å². The molecule has 5 rings (SSSR count). The Balaban J connectivity index is 1.58. The molecule has 0 fully saturated rings. The van der Waals surface area contributed by atoms with Crippen LogP contribution < -0.4 is 0 Å². The predicted octanol–water partition coefficient (Wildman–Crippen LogP) is 3.01. The minimum absolute atomic E-state index is 0.708. The molecule has 0 amide bonds. The third-order valence-electron chi connectivity index (χ3n) is 5.22. The van der Waals surface area contributed by atoms with Gasteiger partial charge in [-0.05, 0) is 57.4 Å². The lowest BCUT2D eigenvalue weighted by Crippen LogP contribution is -2.03. The van der Waals surface area contributed by atoms with Crippen LogP contribution in [0.3, 0.4) is 0 Å². The van der Waals surface area contributed by atoms with Crippen LogP contribution in [0.15, 0.2) is 12.3 Å². The van der Waals surface area contributed by atoms with Crippen molar-refractivity contribution < 1.29 is 0 Å². The lowest BCUT2D eigenvalue weighted by atomic mass is 9.95. The summed E-state index contributed by atoms with van der Waals surface area (Å²) in [5, 5.41) is 15.4. The van der Waals surface area contributed by atoms with Crippen molar-refractivity contribution in [1.82, 2.24) is 30.4 Å². The third-order valence-corrected chi connectivity index (χ3v) is 5.22. The molecule has 6 nitrogen and oxygen atoms in total. The molecule has 0 aliphatic heterocycles. The zero-order valence-corrected chi connectivity index (χ0v) is 13.6. The molecule has 2 N–H and O–H groups in total. The quantitative estimate of drug-likeness (QED) is 0.760. The largest absolute Gasteiger partial charge is 0.282 e. The Hall–Kier alpha value is -2.50. The maximum Gasteiger partial charge on any atom is 0.180 e. The Morgan fingerprint density at radius 2 is 1.38 bits per heavy atom. The van der Waals surface area contributed by atoms with Crippen LogP contribution in [-0.4, -0.2) is 30.4 Å². The van der Waals surface area contributed by atoms with Gasteiger partial charge in [0, 0.05) is 28.7 Å². The van der Waals surface area contributed by atoms with Crippen LogP contribution in [0.2, 0.25) is 0 Å². The second-order valence-electron chi connectivity index (χ2n) is 6.74. The Morgan fingerprint density at radius 3 is 2.12 bits per heavy atom. The fraction of sp³-hybridized carbons (Fsp3) is 0.444. The molecule has 0 saturated heterocycles. The summed E-state index contributed by atoms with van der Waals surface area (Å²) in [7, 11) is 0. The van der Waals surface area contributed by atoms with Gasteiger partial charge >= 0.3 is 0 Å². The van der Waals surface area contributed by atoms with Gasteiger partial charge in [0.1, 0.15) is 11.4 Å². The third kappa shape index (κ3) is 2.17. The normalized spacial score (nSPS) is 16.7. The Bertz CT molecular complexity index is 821. The maximum absolute atomic E-state index is 4.80. The van der Waals surface area contributed by atoms with Gasteiger partial charge in [0.25, 0.3) is 0 Å². The zero-order chi connectivity index (χ0) is 15.9. The minimum atomic E-state index is 0.708. The highest BCUT2D eigenvalue weighted by atomic mass is 15.2. The first-order valence-corrected chi connectivity index (χ1v) is 8.86. The van der Waals surface area contributed by atoms with Gasteiger partial charge in [0.2, 0.25) is 0 Å². The molecule has 0 bridgehead atoms. The number of hydrogen-bond donors (Lipinski definition) is 2. The molecule has 2 aliphatic carbocycles. The summed E-state index contributed by atoms with van der Waals surface area (Å²) in [5.41, 5.74) is 7.94. The number of aryl methyl sites for hydroxylation is 2. The van der Waals surface area contributed by atoms with E-state index in [1.807, 2.05) is 12.3 Å². The van der Waals surface area contributed by atoms with Crippen molar-refractivity contribution in [1.29, 1.82) is 0 Å². The number of aromatic amines is 2. The number of nitrogens with zero attached hydrogens (tertiary/aromatic N) is 4. The summed E-state index contributed by atoms with van der Waals surface area (Å²) in [6, 6.07) is 1.95. The molecule has 0 saturated carbocycles. The van der Waals surface area contributed by atoms with Gasteiger partial charge in [-0.25, -0.2) is 9.97 Å². The molecule has 3 aromatic rings. The zero-order valence-electron chi connectivity index (χ0n) is 13.6. The average Bonchev–Trinajstić information content (AvgIpc) is 3.26. The molecule has 0 atom stereocenters. The van der Waals surface area contributed by atoms with Crippen molar-refractivity contribution >= 4 is 0 Å². The molecule has 3 heterocycles. The highest BCUT2D eigenvalue weighted by Crippen LogP contribution is 2.31. The van der Waals surface area contributed by atoms with E-state index in [4.69, 9.17) is 4.98 Å². The van der Waals surface area contributed by atoms with E-state index in [-0.39, 0.29) is 0 Å². The predicted molar refractivity (Wildman–Crippen MR) is 90.5 cm³/mol. The molecule has 0 radical (unpaired) electrons. The number of hydrogen-bond acceptors (Lipinski definition) is 4. The maximum atomic E-state index is 4.80. The highest BCUT2D eigenvalue weighted by Gasteiger charge is 2.22. The molecule has 0 unspecified atom stereocenters. The summed E-state index contributed by atoms with van der Waals surface area (Å²) >= 11 is 0. The number of aromatic nitrogens is 6. The summed E-state index contributed by atoms with van der Waals surface area (Å²) in [6.07, 6.45) is 11.0. The van der Waals surface area contributed by atoms with E-state index in [1.54, 1.807) is 0 Å². The number of nitrogens with one attached hydrogen (secondary N) is 2. The number of rotatable bonds is 2. The molecule has 2 aliphatic rings. The van der Waals surface area contributed by atoms with Gasteiger partial charge in [0.15, 0.2) is 5.82 Å². The standard InChI is InChI=1S/C18H20N6/c1-3-7-13-11(5-1)16(23-21-13)15-9-10-19-18(20-15)17-12-6-2-4-8-14(12)22-24-17/h9-10H,1-8H2,(H,21,23)(H,22,24). The van der Waals surface area contributed by atoms with E-state index in [9.17, 15) is 0 Å². The van der Waals surface area contributed by atoms with E-state index in [2.05, 4.69) is 25.4 Å². The summed E-state index contributed by atoms with van der Waals surface area (Å²) in [4.78, 5) is 9.28. The second-order valence-corrected chi connectivity index (χ2v) is 6.74. The van der Waals surface area contributed by atoms with Crippen LogP contribution in [0.5, 0.6) is 0 Å². The van der Waals surface area contributed by atoms with Gasteiger partial charge in [-0.15, -0.1) is 0 Å². The molecular weight excluding hydrogens is 300 g/mol. The van der Waals surface area contributed by atoms with Crippen molar-refractivity contribution in [2.75, 3.05) is 0 Å². The first-order valence-electron chi connectivity index (χ1n) is 8.86. The van der Waals surface area contributed by atoms with E-state index in [0.717, 1.165) is 42.8 Å². The molecule has 6 heteroatoms. The minimum Gasteiger partial charge on any atom is -0.282 e. The van der Waals surface area contributed by atoms with Crippen LogP contribution in [0.1, 0.15) is 48.2 Å². The van der Waals surface area contributed by atoms with Crippen LogP contribution in [0.4, 0.5) is 0 Å². The van der Waals surface area contributed by atoms with E-state index in [0.29, 0.717) is 5.82 Å². The van der Waals surface area contributed by atoms with E-state index >= 15 is 0 Å². The molecule has 0 spiro atoms. The Labute approximate surface area is 140 Å². The van der Waals surface area contributed by atoms with Gasteiger partial charge in [-0.1, -0.05) is 0 Å². The molecule has 122 valence electrons. The first-order chi connectivity index (χ1) is 11.9. The van der Waals surface area contributed by atoms with E-state index < -0.39 is 0 Å². The van der Waals surface area contributed by atoms with Gasteiger partial charge < -0.3 is 0 Å². The highest BCUT2D eigenvalue weighted by molar-refractivity contribution is 5.64. The summed E-state index contributed by atoms with van der Waals surface area (Å²) in [6.45, 7) is 0. The lowest BCUT2D eigenvalue weighted by molar-refractivity contribution is 0.675. The van der Waals surface area contributed by atoms with Crippen molar-refractivity contribution in [2.45, 2.75) is 51.4 Å². The van der Waals surface area contributed by atoms with Crippen LogP contribution in [0.25, 0.3) is 22.9 Å². The van der Waals surface area contributed by atoms with Crippen molar-refractivity contribution in [2.24, 2.45) is 0 Å². The van der Waals surface area contributed by atoms with Gasteiger partial charge in [-0.2, -0.15) is 10.2 Å². The molecule has 0 aromatic carbocycles. The van der Waals surface area contributed by atoms with Crippen molar-refractivity contribution in [3.8, 4) is 22.9 Å². The fourth-order valence-electron chi connectivity index (χ4n) is 3.96. The molecular formula is C18H20N6. The molecule has 3 aromatic heterocycles. The number of fused-ring (bicyclic) bond motifs is 2. The van der Waals surface area contributed by atoms with Crippen LogP contribution >= 0.6 is 0 Å². The van der Waals surface area contributed by atoms with Gasteiger partial charge in [0.05, 0.1) is 5.69 Å². The monoisotopic (exact) mass is 320 g/mol. The lowest BCUT2D eigenvalue weighted by Gasteiger charge is -2.12. The van der Waals surface area contributed by atoms with Crippen molar-refractivity contribution in [3.63, 3.8) is 0 Å². The fourth-order valence-corrected chi connectivity index (χ4v) is 3.96. The van der Waals surface area contributed by atoms with Crippen molar-refractivity contribution in [3.05, 3.63) is 34.8 Å². The number of H-pyrrole nitrogens is 2. The van der Waals surface area contributed by atoms with E-state index in [1.165, 1.54) is 48.2 Å². The summed E-state index contributed by atoms with van der Waals surface area (Å²) < 4.78 is 0. The Morgan fingerprint density at radius 1 is 0.750 bits per heavy atom. The summed E-state index contributed by atoms with van der Waals surface area (Å²) in [5.74, 6) is 0.708. The van der Waals surface area contributed by atoms with Gasteiger partial charge in [-0.3, -0.25) is 10.2 Å². The Kier molecular flexibility index (Phi) is 3.21. The van der Waals surface area contributed by atoms with Crippen LogP contribution in [0, 0.1) is 0 Å². The van der Waals surface area contributed by atoms with Crippen LogP contribution in [-0.2, 0) is 25.7 Å². The smallest absolute Gasteiger partial charge is 0.180 e.